The Hall–Kier alpha value is -2.94. The smallest absolute Gasteiger partial charge is 0.223 e. The van der Waals surface area contributed by atoms with Crippen molar-refractivity contribution in [3.05, 3.63) is 48.0 Å². The summed E-state index contributed by atoms with van der Waals surface area (Å²) in [7, 11) is 0. The SMILES string of the molecule is N#Cc1ccnc(NCCc2nc3ccccc3[nH]2)n1. The quantitative estimate of drug-likeness (QED) is 0.750. The summed E-state index contributed by atoms with van der Waals surface area (Å²) in [5.41, 5.74) is 2.35. The first-order valence-corrected chi connectivity index (χ1v) is 6.26. The molecule has 3 rings (SSSR count). The average molecular weight is 264 g/mol. The van der Waals surface area contributed by atoms with Crippen LogP contribution in [0.15, 0.2) is 36.5 Å². The normalized spacial score (nSPS) is 10.3. The molecule has 0 aliphatic carbocycles. The molecule has 1 aromatic carbocycles. The molecular weight excluding hydrogens is 252 g/mol. The van der Waals surface area contributed by atoms with Crippen LogP contribution in [-0.2, 0) is 6.42 Å². The molecule has 3 aromatic rings. The topological polar surface area (TPSA) is 90.3 Å². The Morgan fingerprint density at radius 3 is 2.95 bits per heavy atom. The van der Waals surface area contributed by atoms with Crippen LogP contribution in [0.1, 0.15) is 11.5 Å². The molecule has 0 unspecified atom stereocenters. The Kier molecular flexibility index (Phi) is 3.25. The van der Waals surface area contributed by atoms with Crippen LogP contribution < -0.4 is 5.32 Å². The van der Waals surface area contributed by atoms with Crippen molar-refractivity contribution in [2.45, 2.75) is 6.42 Å². The minimum absolute atomic E-state index is 0.353. The van der Waals surface area contributed by atoms with Gasteiger partial charge in [-0.05, 0) is 18.2 Å². The highest BCUT2D eigenvalue weighted by Gasteiger charge is 2.02. The number of imidazole rings is 1. The molecule has 0 radical (unpaired) electrons. The van der Waals surface area contributed by atoms with E-state index in [9.17, 15) is 0 Å². The molecule has 0 amide bonds. The monoisotopic (exact) mass is 264 g/mol. The van der Waals surface area contributed by atoms with Gasteiger partial charge >= 0.3 is 0 Å². The summed E-state index contributed by atoms with van der Waals surface area (Å²) < 4.78 is 0. The number of para-hydroxylation sites is 2. The van der Waals surface area contributed by atoms with Gasteiger partial charge in [0, 0.05) is 19.2 Å². The van der Waals surface area contributed by atoms with Crippen LogP contribution in [-0.4, -0.2) is 26.5 Å². The molecule has 98 valence electrons. The predicted molar refractivity (Wildman–Crippen MR) is 75.0 cm³/mol. The van der Waals surface area contributed by atoms with Crippen LogP contribution in [0.2, 0.25) is 0 Å². The second-order valence-electron chi connectivity index (χ2n) is 4.25. The maximum atomic E-state index is 8.76. The van der Waals surface area contributed by atoms with E-state index in [1.165, 1.54) is 0 Å². The lowest BCUT2D eigenvalue weighted by Crippen LogP contribution is -2.09. The highest BCUT2D eigenvalue weighted by molar-refractivity contribution is 5.74. The third kappa shape index (κ3) is 2.57. The molecule has 0 fully saturated rings. The number of nitriles is 1. The van der Waals surface area contributed by atoms with Crippen LogP contribution in [0.5, 0.6) is 0 Å². The maximum absolute atomic E-state index is 8.76. The lowest BCUT2D eigenvalue weighted by atomic mass is 10.3. The Labute approximate surface area is 115 Å². The molecular formula is C14H12N6. The zero-order valence-electron chi connectivity index (χ0n) is 10.7. The number of hydrogen-bond donors (Lipinski definition) is 2. The Balaban J connectivity index is 1.63. The van der Waals surface area contributed by atoms with Crippen molar-refractivity contribution in [2.75, 3.05) is 11.9 Å². The minimum Gasteiger partial charge on any atom is -0.354 e. The number of aromatic nitrogens is 4. The molecule has 0 aliphatic rings. The highest BCUT2D eigenvalue weighted by Crippen LogP contribution is 2.10. The summed E-state index contributed by atoms with van der Waals surface area (Å²) in [6.07, 6.45) is 2.30. The number of nitrogens with zero attached hydrogens (tertiary/aromatic N) is 4. The van der Waals surface area contributed by atoms with E-state index < -0.39 is 0 Å². The maximum Gasteiger partial charge on any atom is 0.223 e. The van der Waals surface area contributed by atoms with Gasteiger partial charge in [0.25, 0.3) is 0 Å². The number of hydrogen-bond acceptors (Lipinski definition) is 5. The predicted octanol–water partition coefficient (Wildman–Crippen LogP) is 1.88. The molecule has 0 bridgehead atoms. The third-order valence-electron chi connectivity index (χ3n) is 2.85. The van der Waals surface area contributed by atoms with Crippen molar-refractivity contribution < 1.29 is 0 Å². The molecule has 0 spiro atoms. The third-order valence-corrected chi connectivity index (χ3v) is 2.85. The van der Waals surface area contributed by atoms with Crippen molar-refractivity contribution in [1.29, 1.82) is 5.26 Å². The molecule has 2 heterocycles. The summed E-state index contributed by atoms with van der Waals surface area (Å²) >= 11 is 0. The van der Waals surface area contributed by atoms with E-state index in [-0.39, 0.29) is 0 Å². The van der Waals surface area contributed by atoms with Gasteiger partial charge in [0.2, 0.25) is 5.95 Å². The fraction of sp³-hybridized carbons (Fsp3) is 0.143. The van der Waals surface area contributed by atoms with Crippen molar-refractivity contribution in [2.24, 2.45) is 0 Å². The molecule has 20 heavy (non-hydrogen) atoms. The highest BCUT2D eigenvalue weighted by atomic mass is 15.1. The summed E-state index contributed by atoms with van der Waals surface area (Å²) in [6.45, 7) is 0.648. The van der Waals surface area contributed by atoms with Gasteiger partial charge in [-0.2, -0.15) is 5.26 Å². The van der Waals surface area contributed by atoms with Crippen molar-refractivity contribution in [3.63, 3.8) is 0 Å². The van der Waals surface area contributed by atoms with Crippen LogP contribution in [0.3, 0.4) is 0 Å². The second-order valence-corrected chi connectivity index (χ2v) is 4.25. The lowest BCUT2D eigenvalue weighted by molar-refractivity contribution is 0.917. The van der Waals surface area contributed by atoms with Crippen LogP contribution in [0.4, 0.5) is 5.95 Å². The molecule has 6 heteroatoms. The number of fused-ring (bicyclic) bond motifs is 1. The fourth-order valence-corrected chi connectivity index (χ4v) is 1.92. The summed E-state index contributed by atoms with van der Waals surface area (Å²) in [5, 5.41) is 11.8. The zero-order chi connectivity index (χ0) is 13.8. The fourth-order valence-electron chi connectivity index (χ4n) is 1.92. The molecule has 0 atom stereocenters. The summed E-state index contributed by atoms with van der Waals surface area (Å²) in [5.74, 6) is 1.37. The first-order chi connectivity index (χ1) is 9.85. The Morgan fingerprint density at radius 1 is 1.20 bits per heavy atom. The Morgan fingerprint density at radius 2 is 2.10 bits per heavy atom. The van der Waals surface area contributed by atoms with Crippen LogP contribution >= 0.6 is 0 Å². The molecule has 2 aromatic heterocycles. The van der Waals surface area contributed by atoms with E-state index in [2.05, 4.69) is 25.3 Å². The summed E-state index contributed by atoms with van der Waals surface area (Å²) in [6, 6.07) is 11.5. The number of benzene rings is 1. The van der Waals surface area contributed by atoms with Crippen LogP contribution in [0.25, 0.3) is 11.0 Å². The second kappa shape index (κ2) is 5.36. The number of rotatable bonds is 4. The van der Waals surface area contributed by atoms with Gasteiger partial charge in [-0.1, -0.05) is 12.1 Å². The molecule has 2 N–H and O–H groups in total. The van der Waals surface area contributed by atoms with Crippen molar-refractivity contribution in [3.8, 4) is 6.07 Å². The Bertz CT molecular complexity index is 737. The van der Waals surface area contributed by atoms with Gasteiger partial charge in [-0.15, -0.1) is 0 Å². The molecule has 0 saturated heterocycles. The first kappa shape index (κ1) is 12.1. The van der Waals surface area contributed by atoms with Gasteiger partial charge in [0.15, 0.2) is 0 Å². The van der Waals surface area contributed by atoms with Gasteiger partial charge in [-0.3, -0.25) is 0 Å². The van der Waals surface area contributed by atoms with Gasteiger partial charge in [0.1, 0.15) is 17.6 Å². The lowest BCUT2D eigenvalue weighted by Gasteiger charge is -2.02. The number of H-pyrrole nitrogens is 1. The van der Waals surface area contributed by atoms with Crippen LogP contribution in [0, 0.1) is 11.3 Å². The van der Waals surface area contributed by atoms with E-state index >= 15 is 0 Å². The van der Waals surface area contributed by atoms with E-state index in [1.807, 2.05) is 30.3 Å². The number of aromatic amines is 1. The number of nitrogens with one attached hydrogen (secondary N) is 2. The molecule has 0 aliphatic heterocycles. The first-order valence-electron chi connectivity index (χ1n) is 6.26. The summed E-state index contributed by atoms with van der Waals surface area (Å²) in [4.78, 5) is 15.9. The van der Waals surface area contributed by atoms with Gasteiger partial charge < -0.3 is 10.3 Å². The molecule has 6 nitrogen and oxygen atoms in total. The average Bonchev–Trinajstić information content (AvgIpc) is 2.90. The van der Waals surface area contributed by atoms with Crippen molar-refractivity contribution in [1.82, 2.24) is 19.9 Å². The zero-order valence-corrected chi connectivity index (χ0v) is 10.7. The van der Waals surface area contributed by atoms with E-state index in [0.717, 1.165) is 23.3 Å². The minimum atomic E-state index is 0.353. The van der Waals surface area contributed by atoms with Crippen molar-refractivity contribution >= 4 is 17.0 Å². The van der Waals surface area contributed by atoms with E-state index in [4.69, 9.17) is 5.26 Å². The number of anilines is 1. The van der Waals surface area contributed by atoms with E-state index in [0.29, 0.717) is 18.2 Å². The van der Waals surface area contributed by atoms with Gasteiger partial charge in [0.05, 0.1) is 11.0 Å². The standard InChI is InChI=1S/C14H12N6/c15-9-10-5-7-16-14(18-10)17-8-6-13-19-11-3-1-2-4-12(11)20-13/h1-5,7H,6,8H2,(H,19,20)(H,16,17,18). The molecule has 0 saturated carbocycles. The van der Waals surface area contributed by atoms with E-state index in [1.54, 1.807) is 12.3 Å². The van der Waals surface area contributed by atoms with Gasteiger partial charge in [-0.25, -0.2) is 15.0 Å². The largest absolute Gasteiger partial charge is 0.354 e.